The lowest BCUT2D eigenvalue weighted by Gasteiger charge is -2.16. The van der Waals surface area contributed by atoms with Crippen molar-refractivity contribution < 1.29 is 9.53 Å². The topological polar surface area (TPSA) is 73.2 Å². The summed E-state index contributed by atoms with van der Waals surface area (Å²) in [5.41, 5.74) is 0.996. The summed E-state index contributed by atoms with van der Waals surface area (Å²) in [6.07, 6.45) is 0. The van der Waals surface area contributed by atoms with E-state index in [9.17, 15) is 9.59 Å². The Morgan fingerprint density at radius 1 is 1.32 bits per heavy atom. The van der Waals surface area contributed by atoms with Crippen molar-refractivity contribution in [3.63, 3.8) is 0 Å². The minimum atomic E-state index is -0.491. The van der Waals surface area contributed by atoms with Gasteiger partial charge in [0.25, 0.3) is 5.56 Å². The standard InChI is InChI=1S/C20H20ClN3O3S/c1-4-24-19(26)14-7-5-6-8-15(14)23-20(24)28-12(2)18(25)22-16-11-13(21)9-10-17(16)27-3/h5-12H,4H2,1-3H3,(H,22,25). The zero-order chi connectivity index (χ0) is 20.3. The van der Waals surface area contributed by atoms with Gasteiger partial charge in [-0.1, -0.05) is 35.5 Å². The van der Waals surface area contributed by atoms with Gasteiger partial charge >= 0.3 is 0 Å². The Hall–Kier alpha value is -2.51. The molecular formula is C20H20ClN3O3S. The van der Waals surface area contributed by atoms with Crippen molar-refractivity contribution >= 4 is 45.9 Å². The van der Waals surface area contributed by atoms with E-state index in [1.54, 1.807) is 41.8 Å². The van der Waals surface area contributed by atoms with Crippen molar-refractivity contribution in [1.29, 1.82) is 0 Å². The number of halogens is 1. The second kappa shape index (κ2) is 8.67. The molecule has 0 saturated carbocycles. The fraction of sp³-hybridized carbons (Fsp3) is 0.250. The molecular weight excluding hydrogens is 398 g/mol. The molecule has 1 unspecified atom stereocenters. The van der Waals surface area contributed by atoms with E-state index in [1.165, 1.54) is 18.9 Å². The van der Waals surface area contributed by atoms with Crippen LogP contribution < -0.4 is 15.6 Å². The summed E-state index contributed by atoms with van der Waals surface area (Å²) in [5.74, 6) is 0.278. The average molecular weight is 418 g/mol. The zero-order valence-corrected chi connectivity index (χ0v) is 17.3. The first-order chi connectivity index (χ1) is 13.4. The number of para-hydroxylation sites is 1. The van der Waals surface area contributed by atoms with Gasteiger partial charge in [0, 0.05) is 11.6 Å². The quantitative estimate of drug-likeness (QED) is 0.480. The number of amides is 1. The number of nitrogens with one attached hydrogen (secondary N) is 1. The highest BCUT2D eigenvalue weighted by Crippen LogP contribution is 2.29. The van der Waals surface area contributed by atoms with E-state index in [4.69, 9.17) is 16.3 Å². The van der Waals surface area contributed by atoms with E-state index in [0.29, 0.717) is 39.1 Å². The summed E-state index contributed by atoms with van der Waals surface area (Å²) in [6, 6.07) is 12.2. The van der Waals surface area contributed by atoms with Crippen LogP contribution in [0.4, 0.5) is 5.69 Å². The van der Waals surface area contributed by atoms with Crippen LogP contribution in [0.1, 0.15) is 13.8 Å². The zero-order valence-electron chi connectivity index (χ0n) is 15.7. The Morgan fingerprint density at radius 2 is 2.07 bits per heavy atom. The fourth-order valence-corrected chi connectivity index (χ4v) is 3.88. The molecule has 0 aliphatic rings. The molecule has 1 atom stereocenters. The Morgan fingerprint density at radius 3 is 2.79 bits per heavy atom. The number of ether oxygens (including phenoxy) is 1. The maximum Gasteiger partial charge on any atom is 0.262 e. The molecule has 1 amide bonds. The highest BCUT2D eigenvalue weighted by Gasteiger charge is 2.20. The van der Waals surface area contributed by atoms with Gasteiger partial charge in [-0.3, -0.25) is 14.2 Å². The molecule has 0 aliphatic heterocycles. The van der Waals surface area contributed by atoms with Crippen LogP contribution >= 0.6 is 23.4 Å². The molecule has 1 N–H and O–H groups in total. The van der Waals surface area contributed by atoms with E-state index in [2.05, 4.69) is 10.3 Å². The smallest absolute Gasteiger partial charge is 0.262 e. The van der Waals surface area contributed by atoms with Gasteiger partial charge in [0.1, 0.15) is 5.75 Å². The van der Waals surface area contributed by atoms with Gasteiger partial charge in [-0.2, -0.15) is 0 Å². The second-order valence-corrected chi connectivity index (χ2v) is 7.80. The molecule has 0 fully saturated rings. The molecule has 0 spiro atoms. The van der Waals surface area contributed by atoms with Crippen LogP contribution in [-0.2, 0) is 11.3 Å². The number of methoxy groups -OCH3 is 1. The predicted molar refractivity (Wildman–Crippen MR) is 114 cm³/mol. The molecule has 3 aromatic rings. The van der Waals surface area contributed by atoms with Crippen molar-refractivity contribution in [2.75, 3.05) is 12.4 Å². The molecule has 146 valence electrons. The van der Waals surface area contributed by atoms with Gasteiger partial charge in [0.05, 0.1) is 29.0 Å². The Balaban J connectivity index is 1.86. The molecule has 28 heavy (non-hydrogen) atoms. The van der Waals surface area contributed by atoms with Gasteiger partial charge in [0.15, 0.2) is 5.16 Å². The second-order valence-electron chi connectivity index (χ2n) is 6.05. The first-order valence-electron chi connectivity index (χ1n) is 8.75. The van der Waals surface area contributed by atoms with E-state index < -0.39 is 5.25 Å². The summed E-state index contributed by atoms with van der Waals surface area (Å²) < 4.78 is 6.84. The lowest BCUT2D eigenvalue weighted by Crippen LogP contribution is -2.26. The van der Waals surface area contributed by atoms with Crippen molar-refractivity contribution in [2.24, 2.45) is 0 Å². The number of fused-ring (bicyclic) bond motifs is 1. The molecule has 6 nitrogen and oxygen atoms in total. The first-order valence-corrected chi connectivity index (χ1v) is 10.0. The minimum absolute atomic E-state index is 0.111. The lowest BCUT2D eigenvalue weighted by atomic mass is 10.2. The van der Waals surface area contributed by atoms with Gasteiger partial charge < -0.3 is 10.1 Å². The largest absolute Gasteiger partial charge is 0.495 e. The van der Waals surface area contributed by atoms with E-state index in [1.807, 2.05) is 19.1 Å². The summed E-state index contributed by atoms with van der Waals surface area (Å²) >= 11 is 7.25. The molecule has 2 aromatic carbocycles. The van der Waals surface area contributed by atoms with Crippen molar-refractivity contribution in [2.45, 2.75) is 30.8 Å². The normalized spacial score (nSPS) is 12.0. The lowest BCUT2D eigenvalue weighted by molar-refractivity contribution is -0.115. The Kier molecular flexibility index (Phi) is 6.26. The molecule has 0 bridgehead atoms. The molecule has 3 rings (SSSR count). The highest BCUT2D eigenvalue weighted by molar-refractivity contribution is 8.00. The van der Waals surface area contributed by atoms with Gasteiger partial charge in [-0.25, -0.2) is 4.98 Å². The van der Waals surface area contributed by atoms with Gasteiger partial charge in [0.2, 0.25) is 5.91 Å². The number of nitrogens with zero attached hydrogens (tertiary/aromatic N) is 2. The average Bonchev–Trinajstić information content (AvgIpc) is 2.68. The maximum absolute atomic E-state index is 12.7. The number of hydrogen-bond donors (Lipinski definition) is 1. The maximum atomic E-state index is 12.7. The first kappa shape index (κ1) is 20.2. The van der Waals surface area contributed by atoms with Crippen LogP contribution in [0.15, 0.2) is 52.4 Å². The van der Waals surface area contributed by atoms with Crippen LogP contribution in [0, 0.1) is 0 Å². The summed E-state index contributed by atoms with van der Waals surface area (Å²) in [7, 11) is 1.52. The Bertz CT molecular complexity index is 1080. The van der Waals surface area contributed by atoms with Crippen molar-refractivity contribution in [1.82, 2.24) is 9.55 Å². The number of hydrogen-bond acceptors (Lipinski definition) is 5. The molecule has 1 heterocycles. The van der Waals surface area contributed by atoms with Crippen LogP contribution in [0.2, 0.25) is 5.02 Å². The number of rotatable bonds is 6. The molecule has 0 saturated heterocycles. The van der Waals surface area contributed by atoms with Crippen molar-refractivity contribution in [3.05, 3.63) is 57.8 Å². The number of aromatic nitrogens is 2. The van der Waals surface area contributed by atoms with E-state index in [0.717, 1.165) is 0 Å². The molecule has 8 heteroatoms. The van der Waals surface area contributed by atoms with E-state index in [-0.39, 0.29) is 11.5 Å². The summed E-state index contributed by atoms with van der Waals surface area (Å²) in [4.78, 5) is 30.0. The molecule has 1 aromatic heterocycles. The molecule has 0 aliphatic carbocycles. The monoisotopic (exact) mass is 417 g/mol. The molecule has 0 radical (unpaired) electrons. The van der Waals surface area contributed by atoms with Crippen LogP contribution in [0.5, 0.6) is 5.75 Å². The number of carbonyl (C=O) groups is 1. The number of anilines is 1. The fourth-order valence-electron chi connectivity index (χ4n) is 2.74. The third-order valence-electron chi connectivity index (χ3n) is 4.21. The highest BCUT2D eigenvalue weighted by atomic mass is 35.5. The minimum Gasteiger partial charge on any atom is -0.495 e. The number of thioether (sulfide) groups is 1. The number of carbonyl (C=O) groups excluding carboxylic acids is 1. The summed E-state index contributed by atoms with van der Waals surface area (Å²) in [5, 5.41) is 3.90. The SMILES string of the molecule is CCn1c(SC(C)C(=O)Nc2cc(Cl)ccc2OC)nc2ccccc2c1=O. The van der Waals surface area contributed by atoms with E-state index >= 15 is 0 Å². The van der Waals surface area contributed by atoms with Crippen LogP contribution in [-0.4, -0.2) is 27.8 Å². The third kappa shape index (κ3) is 4.15. The third-order valence-corrected chi connectivity index (χ3v) is 5.54. The Labute approximate surface area is 171 Å². The summed E-state index contributed by atoms with van der Waals surface area (Å²) in [6.45, 7) is 4.11. The number of benzene rings is 2. The van der Waals surface area contributed by atoms with Crippen LogP contribution in [0.3, 0.4) is 0 Å². The van der Waals surface area contributed by atoms with Crippen molar-refractivity contribution in [3.8, 4) is 5.75 Å². The van der Waals surface area contributed by atoms with Crippen LogP contribution in [0.25, 0.3) is 10.9 Å². The van der Waals surface area contributed by atoms with Gasteiger partial charge in [-0.15, -0.1) is 0 Å². The van der Waals surface area contributed by atoms with Gasteiger partial charge in [-0.05, 0) is 44.2 Å². The predicted octanol–water partition coefficient (Wildman–Crippen LogP) is 4.20.